The predicted molar refractivity (Wildman–Crippen MR) is 108 cm³/mol. The number of phenols is 1. The van der Waals surface area contributed by atoms with Crippen molar-refractivity contribution in [3.8, 4) is 11.5 Å². The third kappa shape index (κ3) is 4.42. The number of fused-ring (bicyclic) bond motifs is 1. The van der Waals surface area contributed by atoms with Gasteiger partial charge in [0.05, 0.1) is 13.2 Å². The number of methoxy groups -OCH3 is 1. The van der Waals surface area contributed by atoms with Crippen LogP contribution in [-0.2, 0) is 0 Å². The highest BCUT2D eigenvalue weighted by Gasteiger charge is 2.41. The molecule has 0 aromatic heterocycles. The van der Waals surface area contributed by atoms with Gasteiger partial charge in [-0.25, -0.2) is 0 Å². The fourth-order valence-electron chi connectivity index (χ4n) is 4.48. The van der Waals surface area contributed by atoms with Crippen LogP contribution in [0.4, 0.5) is 0 Å². The Morgan fingerprint density at radius 1 is 1.04 bits per heavy atom. The van der Waals surface area contributed by atoms with Crippen molar-refractivity contribution in [2.45, 2.75) is 29.1 Å². The molecule has 2 aromatic rings. The molecule has 2 unspecified atom stereocenters. The maximum atomic E-state index is 10.5. The minimum atomic E-state index is -0.492. The number of phenolic OH excluding ortho intramolecular Hbond substituents is 1. The number of aromatic hydroxyl groups is 1. The third-order valence-corrected chi connectivity index (χ3v) is 7.12. The van der Waals surface area contributed by atoms with Gasteiger partial charge in [0.25, 0.3) is 0 Å². The van der Waals surface area contributed by atoms with E-state index < -0.39 is 6.10 Å². The normalized spacial score (nSPS) is 26.1. The number of aliphatic hydroxyl groups is 1. The van der Waals surface area contributed by atoms with Gasteiger partial charge in [0.15, 0.2) is 0 Å². The number of β-amino-alcohol motifs (C(OH)–C–C–N with tert-alkyl or cyclic N) is 1. The van der Waals surface area contributed by atoms with Crippen LogP contribution in [0.1, 0.15) is 24.5 Å². The summed E-state index contributed by atoms with van der Waals surface area (Å²) in [6.45, 7) is 2.84. The Labute approximate surface area is 165 Å². The molecular formula is C22H27NO3S. The van der Waals surface area contributed by atoms with E-state index >= 15 is 0 Å². The van der Waals surface area contributed by atoms with E-state index in [0.717, 1.165) is 36.2 Å². The largest absolute Gasteiger partial charge is 0.508 e. The SMILES string of the molecule is COc1ccc(SC2C[C@@H]3CN(CC(O)c4ccc(O)cc4)C[C@@H]3C2)cc1. The Balaban J connectivity index is 1.27. The van der Waals surface area contributed by atoms with E-state index in [2.05, 4.69) is 17.0 Å². The fourth-order valence-corrected chi connectivity index (χ4v) is 5.84. The summed E-state index contributed by atoms with van der Waals surface area (Å²) in [5.41, 5.74) is 0.873. The van der Waals surface area contributed by atoms with Gasteiger partial charge in [-0.1, -0.05) is 12.1 Å². The molecule has 2 fully saturated rings. The van der Waals surface area contributed by atoms with Gasteiger partial charge in [0.1, 0.15) is 11.5 Å². The zero-order valence-corrected chi connectivity index (χ0v) is 16.4. The molecule has 4 rings (SSSR count). The first-order valence-corrected chi connectivity index (χ1v) is 10.5. The molecule has 2 N–H and O–H groups in total. The van der Waals surface area contributed by atoms with Crippen LogP contribution >= 0.6 is 11.8 Å². The summed E-state index contributed by atoms with van der Waals surface area (Å²) in [6.07, 6.45) is 2.02. The van der Waals surface area contributed by atoms with Gasteiger partial charge in [0, 0.05) is 29.8 Å². The summed E-state index contributed by atoms with van der Waals surface area (Å²) in [5, 5.41) is 20.6. The molecule has 5 heteroatoms. The number of hydrogen-bond acceptors (Lipinski definition) is 5. The van der Waals surface area contributed by atoms with E-state index in [0.29, 0.717) is 11.8 Å². The molecule has 0 radical (unpaired) electrons. The van der Waals surface area contributed by atoms with Crippen LogP contribution in [0.25, 0.3) is 0 Å². The van der Waals surface area contributed by atoms with Crippen molar-refractivity contribution >= 4 is 11.8 Å². The molecule has 0 spiro atoms. The second-order valence-electron chi connectivity index (χ2n) is 7.73. The minimum Gasteiger partial charge on any atom is -0.508 e. The van der Waals surface area contributed by atoms with Crippen LogP contribution in [0.3, 0.4) is 0 Å². The second kappa shape index (κ2) is 8.13. The van der Waals surface area contributed by atoms with Crippen LogP contribution in [0.15, 0.2) is 53.4 Å². The molecule has 2 aromatic carbocycles. The lowest BCUT2D eigenvalue weighted by molar-refractivity contribution is 0.122. The van der Waals surface area contributed by atoms with Gasteiger partial charge < -0.3 is 14.9 Å². The monoisotopic (exact) mass is 385 g/mol. The van der Waals surface area contributed by atoms with Crippen LogP contribution in [0, 0.1) is 11.8 Å². The summed E-state index contributed by atoms with van der Waals surface area (Å²) in [4.78, 5) is 3.72. The molecule has 2 aliphatic rings. The van der Waals surface area contributed by atoms with E-state index in [9.17, 15) is 10.2 Å². The molecule has 1 heterocycles. The molecule has 0 bridgehead atoms. The summed E-state index contributed by atoms with van der Waals surface area (Å²) in [6, 6.07) is 15.2. The molecule has 4 nitrogen and oxygen atoms in total. The average Bonchev–Trinajstić information content (AvgIpc) is 3.20. The maximum absolute atomic E-state index is 10.5. The maximum Gasteiger partial charge on any atom is 0.118 e. The Hall–Kier alpha value is -1.69. The molecule has 0 amide bonds. The number of benzene rings is 2. The van der Waals surface area contributed by atoms with Gasteiger partial charge in [-0.15, -0.1) is 11.8 Å². The van der Waals surface area contributed by atoms with E-state index in [-0.39, 0.29) is 5.75 Å². The van der Waals surface area contributed by atoms with Crippen molar-refractivity contribution in [2.75, 3.05) is 26.7 Å². The fraction of sp³-hybridized carbons (Fsp3) is 0.455. The van der Waals surface area contributed by atoms with Crippen LogP contribution < -0.4 is 4.74 Å². The number of thioether (sulfide) groups is 1. The van der Waals surface area contributed by atoms with Crippen LogP contribution in [-0.4, -0.2) is 47.1 Å². The lowest BCUT2D eigenvalue weighted by Crippen LogP contribution is -2.28. The zero-order chi connectivity index (χ0) is 18.8. The second-order valence-corrected chi connectivity index (χ2v) is 9.11. The van der Waals surface area contributed by atoms with Crippen molar-refractivity contribution in [2.24, 2.45) is 11.8 Å². The van der Waals surface area contributed by atoms with E-state index in [1.54, 1.807) is 31.4 Å². The molecule has 1 aliphatic heterocycles. The van der Waals surface area contributed by atoms with Crippen LogP contribution in [0.2, 0.25) is 0 Å². The molecule has 4 atom stereocenters. The van der Waals surface area contributed by atoms with Crippen molar-refractivity contribution in [1.82, 2.24) is 4.90 Å². The third-order valence-electron chi connectivity index (χ3n) is 5.85. The molecule has 144 valence electrons. The van der Waals surface area contributed by atoms with Gasteiger partial charge in [-0.2, -0.15) is 0 Å². The highest BCUT2D eigenvalue weighted by molar-refractivity contribution is 8.00. The van der Waals surface area contributed by atoms with Crippen molar-refractivity contribution in [1.29, 1.82) is 0 Å². The first-order valence-electron chi connectivity index (χ1n) is 9.61. The Bertz CT molecular complexity index is 735. The van der Waals surface area contributed by atoms with Crippen molar-refractivity contribution < 1.29 is 14.9 Å². The number of rotatable bonds is 6. The molecule has 1 saturated heterocycles. The molecule has 1 saturated carbocycles. The highest BCUT2D eigenvalue weighted by Crippen LogP contribution is 2.45. The Morgan fingerprint density at radius 3 is 2.26 bits per heavy atom. The van der Waals surface area contributed by atoms with E-state index in [1.165, 1.54) is 17.7 Å². The smallest absolute Gasteiger partial charge is 0.118 e. The van der Waals surface area contributed by atoms with Gasteiger partial charge in [-0.3, -0.25) is 4.90 Å². The first kappa shape index (κ1) is 18.7. The van der Waals surface area contributed by atoms with Gasteiger partial charge in [0.2, 0.25) is 0 Å². The molecule has 1 aliphatic carbocycles. The summed E-state index contributed by atoms with van der Waals surface area (Å²) >= 11 is 1.99. The van der Waals surface area contributed by atoms with Crippen molar-refractivity contribution in [3.63, 3.8) is 0 Å². The Kier molecular flexibility index (Phi) is 5.62. The number of hydrogen-bond donors (Lipinski definition) is 2. The molecular weight excluding hydrogens is 358 g/mol. The lowest BCUT2D eigenvalue weighted by atomic mass is 10.0. The lowest BCUT2D eigenvalue weighted by Gasteiger charge is -2.22. The quantitative estimate of drug-likeness (QED) is 0.789. The highest BCUT2D eigenvalue weighted by atomic mass is 32.2. The first-order chi connectivity index (χ1) is 13.1. The average molecular weight is 386 g/mol. The summed E-state index contributed by atoms with van der Waals surface area (Å²) < 4.78 is 5.23. The number of ether oxygens (including phenoxy) is 1. The van der Waals surface area contributed by atoms with E-state index in [4.69, 9.17) is 4.74 Å². The minimum absolute atomic E-state index is 0.238. The Morgan fingerprint density at radius 2 is 1.67 bits per heavy atom. The number of nitrogens with zero attached hydrogens (tertiary/aromatic N) is 1. The van der Waals surface area contributed by atoms with E-state index in [1.807, 2.05) is 23.9 Å². The predicted octanol–water partition coefficient (Wildman–Crippen LogP) is 3.94. The zero-order valence-electron chi connectivity index (χ0n) is 15.6. The summed E-state index contributed by atoms with van der Waals surface area (Å²) in [7, 11) is 1.70. The number of likely N-dealkylation sites (tertiary alicyclic amines) is 1. The molecule has 27 heavy (non-hydrogen) atoms. The standard InChI is InChI=1S/C22H27NO3S/c1-26-19-6-8-20(9-7-19)27-21-10-16-12-23(13-17(16)11-21)14-22(25)15-2-4-18(24)5-3-15/h2-9,16-17,21-22,24-25H,10-14H2,1H3/t16-,17+,21?,22?. The topological polar surface area (TPSA) is 52.9 Å². The summed E-state index contributed by atoms with van der Waals surface area (Å²) in [5.74, 6) is 2.63. The van der Waals surface area contributed by atoms with Crippen molar-refractivity contribution in [3.05, 3.63) is 54.1 Å². The number of aliphatic hydroxyl groups excluding tert-OH is 1. The van der Waals surface area contributed by atoms with Crippen LogP contribution in [0.5, 0.6) is 11.5 Å². The van der Waals surface area contributed by atoms with Gasteiger partial charge in [-0.05, 0) is 66.6 Å². The van der Waals surface area contributed by atoms with Gasteiger partial charge >= 0.3 is 0 Å².